The third-order valence-corrected chi connectivity index (χ3v) is 3.68. The number of thioether (sulfide) groups is 1. The Balaban J connectivity index is 1.69. The first-order valence-electron chi connectivity index (χ1n) is 5.92. The van der Waals surface area contributed by atoms with Crippen LogP contribution in [0.3, 0.4) is 0 Å². The molecule has 2 aromatic rings. The van der Waals surface area contributed by atoms with Gasteiger partial charge in [0, 0.05) is 12.5 Å². The van der Waals surface area contributed by atoms with Crippen LogP contribution in [0, 0.1) is 0 Å². The van der Waals surface area contributed by atoms with E-state index in [1.54, 1.807) is 0 Å². The third-order valence-electron chi connectivity index (χ3n) is 2.75. The van der Waals surface area contributed by atoms with Crippen molar-refractivity contribution < 1.29 is 4.52 Å². The summed E-state index contributed by atoms with van der Waals surface area (Å²) in [7, 11) is 0. The highest BCUT2D eigenvalue weighted by molar-refractivity contribution is 7.98. The van der Waals surface area contributed by atoms with E-state index in [2.05, 4.69) is 20.3 Å². The minimum Gasteiger partial charge on any atom is -0.368 e. The van der Waals surface area contributed by atoms with Crippen LogP contribution >= 0.6 is 11.8 Å². The van der Waals surface area contributed by atoms with E-state index in [0.29, 0.717) is 23.6 Å². The molecule has 8 heteroatoms. The lowest BCUT2D eigenvalue weighted by atomic mass is 10.5. The Labute approximate surface area is 108 Å². The molecule has 0 radical (unpaired) electrons. The molecular formula is C10H14N6OS. The maximum absolute atomic E-state index is 5.80. The van der Waals surface area contributed by atoms with Gasteiger partial charge in [0.1, 0.15) is 0 Å². The lowest BCUT2D eigenvalue weighted by molar-refractivity contribution is 0.385. The molecule has 0 spiro atoms. The van der Waals surface area contributed by atoms with Crippen LogP contribution in [0.25, 0.3) is 0 Å². The fraction of sp³-hybridized carbons (Fsp3) is 0.600. The molecule has 0 amide bonds. The zero-order chi connectivity index (χ0) is 12.5. The second kappa shape index (κ2) is 4.60. The Morgan fingerprint density at radius 2 is 2.28 bits per heavy atom. The van der Waals surface area contributed by atoms with Gasteiger partial charge in [-0.25, -0.2) is 0 Å². The van der Waals surface area contributed by atoms with Gasteiger partial charge in [-0.2, -0.15) is 4.98 Å². The van der Waals surface area contributed by atoms with E-state index < -0.39 is 0 Å². The average Bonchev–Trinajstić information content (AvgIpc) is 2.98. The molecule has 3 rings (SSSR count). The number of aryl methyl sites for hydroxylation is 1. The first-order chi connectivity index (χ1) is 8.78. The van der Waals surface area contributed by atoms with E-state index in [4.69, 9.17) is 10.3 Å². The highest BCUT2D eigenvalue weighted by atomic mass is 32.2. The van der Waals surface area contributed by atoms with E-state index in [9.17, 15) is 0 Å². The quantitative estimate of drug-likeness (QED) is 0.818. The molecule has 1 saturated carbocycles. The average molecular weight is 266 g/mol. The third kappa shape index (κ3) is 2.20. The second-order valence-electron chi connectivity index (χ2n) is 4.19. The van der Waals surface area contributed by atoms with Crippen molar-refractivity contribution >= 4 is 17.7 Å². The van der Waals surface area contributed by atoms with Crippen LogP contribution < -0.4 is 5.73 Å². The van der Waals surface area contributed by atoms with Crippen molar-refractivity contribution in [2.75, 3.05) is 5.73 Å². The predicted octanol–water partition coefficient (Wildman–Crippen LogP) is 1.43. The standard InChI is InChI=1S/C10H14N6OS/c1-2-7-12-8(17-15-7)5-18-10-14-13-9(11)16(10)6-3-4-6/h6H,2-5H2,1H3,(H2,11,13). The van der Waals surface area contributed by atoms with Gasteiger partial charge in [0.05, 0.1) is 5.75 Å². The van der Waals surface area contributed by atoms with Crippen LogP contribution in [0.2, 0.25) is 0 Å². The summed E-state index contributed by atoms with van der Waals surface area (Å²) in [5, 5.41) is 12.7. The summed E-state index contributed by atoms with van der Waals surface area (Å²) in [5.41, 5.74) is 5.80. The minimum atomic E-state index is 0.469. The van der Waals surface area contributed by atoms with Crippen molar-refractivity contribution in [3.8, 4) is 0 Å². The maximum atomic E-state index is 5.80. The van der Waals surface area contributed by atoms with Crippen LogP contribution in [0.5, 0.6) is 0 Å². The summed E-state index contributed by atoms with van der Waals surface area (Å²) in [6.45, 7) is 1.99. The molecule has 7 nitrogen and oxygen atoms in total. The van der Waals surface area contributed by atoms with Crippen LogP contribution in [-0.2, 0) is 12.2 Å². The fourth-order valence-electron chi connectivity index (χ4n) is 1.68. The molecule has 0 bridgehead atoms. The van der Waals surface area contributed by atoms with Gasteiger partial charge < -0.3 is 10.3 Å². The zero-order valence-electron chi connectivity index (χ0n) is 10.0. The number of nitrogens with zero attached hydrogens (tertiary/aromatic N) is 5. The lowest BCUT2D eigenvalue weighted by Gasteiger charge is -2.03. The van der Waals surface area contributed by atoms with Gasteiger partial charge in [0.25, 0.3) is 0 Å². The van der Waals surface area contributed by atoms with Crippen LogP contribution in [0.4, 0.5) is 5.95 Å². The van der Waals surface area contributed by atoms with Crippen molar-refractivity contribution in [2.45, 2.75) is 43.1 Å². The Kier molecular flexibility index (Phi) is 2.94. The van der Waals surface area contributed by atoms with Crippen LogP contribution in [-0.4, -0.2) is 24.9 Å². The molecule has 1 fully saturated rings. The summed E-state index contributed by atoms with van der Waals surface area (Å²) < 4.78 is 7.12. The summed E-state index contributed by atoms with van der Waals surface area (Å²) in [4.78, 5) is 4.25. The Morgan fingerprint density at radius 3 is 2.94 bits per heavy atom. The zero-order valence-corrected chi connectivity index (χ0v) is 10.9. The van der Waals surface area contributed by atoms with Gasteiger partial charge in [0.15, 0.2) is 11.0 Å². The SMILES string of the molecule is CCc1noc(CSc2nnc(N)n2C2CC2)n1. The number of nitrogen functional groups attached to an aromatic ring is 1. The van der Waals surface area contributed by atoms with Crippen molar-refractivity contribution in [3.63, 3.8) is 0 Å². The monoisotopic (exact) mass is 266 g/mol. The number of anilines is 1. The van der Waals surface area contributed by atoms with Crippen molar-refractivity contribution in [1.82, 2.24) is 24.9 Å². The first-order valence-corrected chi connectivity index (χ1v) is 6.91. The number of rotatable bonds is 5. The molecule has 18 heavy (non-hydrogen) atoms. The smallest absolute Gasteiger partial charge is 0.237 e. The molecule has 96 valence electrons. The molecule has 0 unspecified atom stereocenters. The van der Waals surface area contributed by atoms with E-state index in [1.165, 1.54) is 11.8 Å². The lowest BCUT2D eigenvalue weighted by Crippen LogP contribution is -2.02. The molecule has 2 N–H and O–H groups in total. The first kappa shape index (κ1) is 11.5. The predicted molar refractivity (Wildman–Crippen MR) is 65.9 cm³/mol. The Morgan fingerprint density at radius 1 is 1.44 bits per heavy atom. The summed E-state index contributed by atoms with van der Waals surface area (Å²) in [6, 6.07) is 0.469. The van der Waals surface area contributed by atoms with E-state index >= 15 is 0 Å². The fourth-order valence-corrected chi connectivity index (χ4v) is 2.53. The molecule has 1 aliphatic carbocycles. The molecular weight excluding hydrogens is 252 g/mol. The molecule has 2 heterocycles. The van der Waals surface area contributed by atoms with Crippen molar-refractivity contribution in [2.24, 2.45) is 0 Å². The largest absolute Gasteiger partial charge is 0.368 e. The summed E-state index contributed by atoms with van der Waals surface area (Å²) in [5.74, 6) is 2.42. The summed E-state index contributed by atoms with van der Waals surface area (Å²) >= 11 is 1.53. The van der Waals surface area contributed by atoms with Gasteiger partial charge >= 0.3 is 0 Å². The van der Waals surface area contributed by atoms with E-state index in [0.717, 1.165) is 30.2 Å². The number of nitrogens with two attached hydrogens (primary N) is 1. The second-order valence-corrected chi connectivity index (χ2v) is 5.13. The van der Waals surface area contributed by atoms with Gasteiger partial charge in [-0.05, 0) is 12.8 Å². The normalized spacial score (nSPS) is 15.2. The van der Waals surface area contributed by atoms with E-state index in [-0.39, 0.29) is 0 Å². The molecule has 2 aromatic heterocycles. The Bertz CT molecular complexity index is 546. The Hall–Kier alpha value is -1.57. The molecule has 0 aliphatic heterocycles. The van der Waals surface area contributed by atoms with Gasteiger partial charge in [-0.15, -0.1) is 10.2 Å². The van der Waals surface area contributed by atoms with E-state index in [1.807, 2.05) is 11.5 Å². The van der Waals surface area contributed by atoms with Crippen molar-refractivity contribution in [1.29, 1.82) is 0 Å². The number of aromatic nitrogens is 5. The topological polar surface area (TPSA) is 95.6 Å². The molecule has 0 saturated heterocycles. The van der Waals surface area contributed by atoms with Gasteiger partial charge in [0.2, 0.25) is 11.8 Å². The number of hydrogen-bond donors (Lipinski definition) is 1. The highest BCUT2D eigenvalue weighted by Gasteiger charge is 2.29. The molecule has 0 atom stereocenters. The summed E-state index contributed by atoms with van der Waals surface area (Å²) in [6.07, 6.45) is 3.08. The molecule has 1 aliphatic rings. The van der Waals surface area contributed by atoms with Gasteiger partial charge in [-0.1, -0.05) is 23.8 Å². The maximum Gasteiger partial charge on any atom is 0.237 e. The van der Waals surface area contributed by atoms with Gasteiger partial charge in [-0.3, -0.25) is 4.57 Å². The van der Waals surface area contributed by atoms with Crippen LogP contribution in [0.15, 0.2) is 9.68 Å². The minimum absolute atomic E-state index is 0.469. The van der Waals surface area contributed by atoms with Crippen LogP contribution in [0.1, 0.15) is 37.5 Å². The highest BCUT2D eigenvalue weighted by Crippen LogP contribution is 2.39. The molecule has 0 aromatic carbocycles. The van der Waals surface area contributed by atoms with Crippen molar-refractivity contribution in [3.05, 3.63) is 11.7 Å². The number of hydrogen-bond acceptors (Lipinski definition) is 7.